The summed E-state index contributed by atoms with van der Waals surface area (Å²) in [5.74, 6) is -0.141. The van der Waals surface area contributed by atoms with Gasteiger partial charge in [-0.2, -0.15) is 0 Å². The van der Waals surface area contributed by atoms with Crippen molar-refractivity contribution in [2.24, 2.45) is 0 Å². The summed E-state index contributed by atoms with van der Waals surface area (Å²) in [6.07, 6.45) is 1.94. The fourth-order valence-electron chi connectivity index (χ4n) is 1.77. The predicted molar refractivity (Wildman–Crippen MR) is 65.0 cm³/mol. The number of hydrogen-bond acceptors (Lipinski definition) is 3. The van der Waals surface area contributed by atoms with Crippen LogP contribution in [0, 0.1) is 0 Å². The first-order valence-corrected chi connectivity index (χ1v) is 6.19. The average molecular weight is 284 g/mol. The first kappa shape index (κ1) is 11.6. The zero-order valence-electron chi connectivity index (χ0n) is 8.91. The van der Waals surface area contributed by atoms with Crippen LogP contribution in [0.1, 0.15) is 18.4 Å². The molecule has 1 saturated heterocycles. The van der Waals surface area contributed by atoms with Gasteiger partial charge in [0.05, 0.1) is 0 Å². The molecule has 1 aliphatic rings. The van der Waals surface area contributed by atoms with E-state index in [-0.39, 0.29) is 12.0 Å². The molecule has 1 heterocycles. The van der Waals surface area contributed by atoms with E-state index < -0.39 is 0 Å². The lowest BCUT2D eigenvalue weighted by atomic mass is 10.2. The summed E-state index contributed by atoms with van der Waals surface area (Å²) in [6, 6.07) is 7.67. The number of ether oxygens (including phenoxy) is 1. The Hall–Kier alpha value is -0.870. The number of halogens is 1. The first-order valence-electron chi connectivity index (χ1n) is 5.40. The number of carbonyl (C=O) groups is 1. The Bertz CT molecular complexity index is 375. The maximum atomic E-state index is 11.6. The molecule has 2 rings (SSSR count). The van der Waals surface area contributed by atoms with Crippen LogP contribution in [0.25, 0.3) is 0 Å². The SMILES string of the molecule is O=C(OCc1cccc(Br)c1)C1CCCN1. The molecule has 1 aromatic rings. The lowest BCUT2D eigenvalue weighted by Crippen LogP contribution is -2.32. The molecule has 86 valence electrons. The van der Waals surface area contributed by atoms with E-state index in [0.29, 0.717) is 6.61 Å². The Balaban J connectivity index is 1.84. The highest BCUT2D eigenvalue weighted by Crippen LogP contribution is 2.13. The standard InChI is InChI=1S/C12H14BrNO2/c13-10-4-1-3-9(7-10)8-16-12(15)11-5-2-6-14-11/h1,3-4,7,11,14H,2,5-6,8H2. The molecule has 0 spiro atoms. The van der Waals surface area contributed by atoms with Crippen molar-refractivity contribution in [3.05, 3.63) is 34.3 Å². The maximum absolute atomic E-state index is 11.6. The predicted octanol–water partition coefficient (Wildman–Crippen LogP) is 2.24. The molecule has 1 N–H and O–H groups in total. The monoisotopic (exact) mass is 283 g/mol. The van der Waals surface area contributed by atoms with E-state index in [9.17, 15) is 4.79 Å². The average Bonchev–Trinajstić information content (AvgIpc) is 2.79. The molecule has 1 atom stereocenters. The second-order valence-electron chi connectivity index (χ2n) is 3.89. The number of esters is 1. The van der Waals surface area contributed by atoms with Crippen LogP contribution in [0.5, 0.6) is 0 Å². The fraction of sp³-hybridized carbons (Fsp3) is 0.417. The second-order valence-corrected chi connectivity index (χ2v) is 4.80. The minimum Gasteiger partial charge on any atom is -0.460 e. The smallest absolute Gasteiger partial charge is 0.323 e. The van der Waals surface area contributed by atoms with Crippen molar-refractivity contribution in [1.82, 2.24) is 5.32 Å². The van der Waals surface area contributed by atoms with Crippen LogP contribution < -0.4 is 5.32 Å². The third kappa shape index (κ3) is 3.06. The Kier molecular flexibility index (Phi) is 3.96. The van der Waals surface area contributed by atoms with Crippen molar-refractivity contribution in [2.75, 3.05) is 6.54 Å². The van der Waals surface area contributed by atoms with Crippen molar-refractivity contribution in [2.45, 2.75) is 25.5 Å². The molecule has 0 bridgehead atoms. The molecule has 0 aliphatic carbocycles. The molecular formula is C12H14BrNO2. The van der Waals surface area contributed by atoms with E-state index in [2.05, 4.69) is 21.2 Å². The lowest BCUT2D eigenvalue weighted by molar-refractivity contribution is -0.147. The molecule has 1 fully saturated rings. The lowest BCUT2D eigenvalue weighted by Gasteiger charge is -2.10. The van der Waals surface area contributed by atoms with Crippen LogP contribution in [-0.4, -0.2) is 18.6 Å². The largest absolute Gasteiger partial charge is 0.460 e. The normalized spacial score (nSPS) is 19.7. The summed E-state index contributed by atoms with van der Waals surface area (Å²) in [5, 5.41) is 3.12. The van der Waals surface area contributed by atoms with E-state index >= 15 is 0 Å². The van der Waals surface area contributed by atoms with E-state index in [1.54, 1.807) is 0 Å². The summed E-state index contributed by atoms with van der Waals surface area (Å²) in [5.41, 5.74) is 1.00. The molecule has 0 amide bonds. The van der Waals surface area contributed by atoms with Gasteiger partial charge in [-0.1, -0.05) is 28.1 Å². The topological polar surface area (TPSA) is 38.3 Å². The van der Waals surface area contributed by atoms with E-state index in [4.69, 9.17) is 4.74 Å². The molecule has 4 heteroatoms. The van der Waals surface area contributed by atoms with Crippen LogP contribution in [0.15, 0.2) is 28.7 Å². The summed E-state index contributed by atoms with van der Waals surface area (Å²) in [6.45, 7) is 1.26. The van der Waals surface area contributed by atoms with Crippen molar-refractivity contribution in [3.63, 3.8) is 0 Å². The molecule has 0 radical (unpaired) electrons. The molecule has 3 nitrogen and oxygen atoms in total. The zero-order chi connectivity index (χ0) is 11.4. The number of nitrogens with one attached hydrogen (secondary N) is 1. The molecular weight excluding hydrogens is 270 g/mol. The minimum atomic E-state index is -0.141. The summed E-state index contributed by atoms with van der Waals surface area (Å²) in [4.78, 5) is 11.6. The van der Waals surface area contributed by atoms with Gasteiger partial charge in [0, 0.05) is 4.47 Å². The number of carbonyl (C=O) groups excluding carboxylic acids is 1. The van der Waals surface area contributed by atoms with Crippen LogP contribution in [0.4, 0.5) is 0 Å². The van der Waals surface area contributed by atoms with Crippen LogP contribution in [0.2, 0.25) is 0 Å². The zero-order valence-corrected chi connectivity index (χ0v) is 10.5. The van der Waals surface area contributed by atoms with Gasteiger partial charge in [0.2, 0.25) is 0 Å². The molecule has 16 heavy (non-hydrogen) atoms. The highest BCUT2D eigenvalue weighted by molar-refractivity contribution is 9.10. The van der Waals surface area contributed by atoms with Crippen molar-refractivity contribution in [1.29, 1.82) is 0 Å². The Morgan fingerprint density at radius 1 is 1.56 bits per heavy atom. The van der Waals surface area contributed by atoms with Crippen LogP contribution >= 0.6 is 15.9 Å². The second kappa shape index (κ2) is 5.46. The molecule has 1 aliphatic heterocycles. The fourth-order valence-corrected chi connectivity index (χ4v) is 2.21. The third-order valence-corrected chi connectivity index (χ3v) is 3.11. The van der Waals surface area contributed by atoms with Gasteiger partial charge in [-0.25, -0.2) is 0 Å². The molecule has 1 unspecified atom stereocenters. The van der Waals surface area contributed by atoms with Gasteiger partial charge in [-0.3, -0.25) is 4.79 Å². The van der Waals surface area contributed by atoms with Gasteiger partial charge in [0.1, 0.15) is 12.6 Å². The molecule has 1 aromatic carbocycles. The number of hydrogen-bond donors (Lipinski definition) is 1. The summed E-state index contributed by atoms with van der Waals surface area (Å²) in [7, 11) is 0. The van der Waals surface area contributed by atoms with Gasteiger partial charge in [0.15, 0.2) is 0 Å². The van der Waals surface area contributed by atoms with Crippen molar-refractivity contribution in [3.8, 4) is 0 Å². The molecule has 0 saturated carbocycles. The maximum Gasteiger partial charge on any atom is 0.323 e. The Labute approximate surface area is 103 Å². The van der Waals surface area contributed by atoms with Gasteiger partial charge in [0.25, 0.3) is 0 Å². The van der Waals surface area contributed by atoms with E-state index in [1.807, 2.05) is 24.3 Å². The summed E-state index contributed by atoms with van der Waals surface area (Å²) < 4.78 is 6.24. The molecule has 0 aromatic heterocycles. The van der Waals surface area contributed by atoms with Crippen LogP contribution in [-0.2, 0) is 16.1 Å². The van der Waals surface area contributed by atoms with Gasteiger partial charge in [-0.15, -0.1) is 0 Å². The highest BCUT2D eigenvalue weighted by Gasteiger charge is 2.23. The van der Waals surface area contributed by atoms with Gasteiger partial charge >= 0.3 is 5.97 Å². The Morgan fingerprint density at radius 2 is 2.44 bits per heavy atom. The number of benzene rings is 1. The highest BCUT2D eigenvalue weighted by atomic mass is 79.9. The minimum absolute atomic E-state index is 0.104. The first-order chi connectivity index (χ1) is 7.75. The van der Waals surface area contributed by atoms with Crippen LogP contribution in [0.3, 0.4) is 0 Å². The van der Waals surface area contributed by atoms with Gasteiger partial charge in [-0.05, 0) is 37.1 Å². The van der Waals surface area contributed by atoms with Gasteiger partial charge < -0.3 is 10.1 Å². The van der Waals surface area contributed by atoms with E-state index in [1.165, 1.54) is 0 Å². The quantitative estimate of drug-likeness (QED) is 0.865. The Morgan fingerprint density at radius 3 is 3.12 bits per heavy atom. The third-order valence-electron chi connectivity index (χ3n) is 2.61. The van der Waals surface area contributed by atoms with Crippen molar-refractivity contribution >= 4 is 21.9 Å². The van der Waals surface area contributed by atoms with E-state index in [0.717, 1.165) is 29.4 Å². The number of rotatable bonds is 3. The summed E-state index contributed by atoms with van der Waals surface area (Å²) >= 11 is 3.38. The van der Waals surface area contributed by atoms with Crippen molar-refractivity contribution < 1.29 is 9.53 Å².